The number of anilines is 1. The molecule has 1 aromatic rings. The molecule has 0 unspecified atom stereocenters. The Balaban J connectivity index is 2.71. The molecule has 0 fully saturated rings. The summed E-state index contributed by atoms with van der Waals surface area (Å²) in [6, 6.07) is 4.37. The van der Waals surface area contributed by atoms with Crippen LogP contribution in [0.5, 0.6) is 0 Å². The van der Waals surface area contributed by atoms with E-state index < -0.39 is 23.4 Å². The third kappa shape index (κ3) is 5.43. The van der Waals surface area contributed by atoms with Crippen LogP contribution in [-0.2, 0) is 4.79 Å². The fourth-order valence-electron chi connectivity index (χ4n) is 1.92. The van der Waals surface area contributed by atoms with Gasteiger partial charge in [-0.25, -0.2) is 4.79 Å². The third-order valence-corrected chi connectivity index (χ3v) is 3.18. The van der Waals surface area contributed by atoms with Crippen LogP contribution in [0.15, 0.2) is 18.2 Å². The van der Waals surface area contributed by atoms with Crippen LogP contribution in [0, 0.1) is 6.92 Å². The van der Waals surface area contributed by atoms with E-state index in [4.69, 9.17) is 10.8 Å². The molecular formula is C15H21N3O4. The highest BCUT2D eigenvalue weighted by Gasteiger charge is 2.21. The van der Waals surface area contributed by atoms with Crippen molar-refractivity contribution >= 4 is 23.6 Å². The van der Waals surface area contributed by atoms with Gasteiger partial charge >= 0.3 is 12.0 Å². The van der Waals surface area contributed by atoms with Gasteiger partial charge in [0.05, 0.1) is 0 Å². The lowest BCUT2D eigenvalue weighted by Gasteiger charge is -2.25. The number of aliphatic carboxylic acids is 1. The average Bonchev–Trinajstić information content (AvgIpc) is 2.38. The number of urea groups is 1. The zero-order valence-electron chi connectivity index (χ0n) is 12.9. The van der Waals surface area contributed by atoms with Gasteiger partial charge < -0.3 is 21.5 Å². The highest BCUT2D eigenvalue weighted by Crippen LogP contribution is 2.16. The molecule has 0 aromatic heterocycles. The minimum Gasteiger partial charge on any atom is -0.481 e. The van der Waals surface area contributed by atoms with Crippen molar-refractivity contribution in [2.75, 3.05) is 5.32 Å². The molecule has 0 atom stereocenters. The normalized spacial score (nSPS) is 10.9. The number of primary amides is 1. The molecule has 0 radical (unpaired) electrons. The first kappa shape index (κ1) is 17.5. The average molecular weight is 307 g/mol. The largest absolute Gasteiger partial charge is 0.481 e. The molecule has 0 saturated heterocycles. The van der Waals surface area contributed by atoms with Gasteiger partial charge in [0.15, 0.2) is 0 Å². The minimum absolute atomic E-state index is 0.0381. The Morgan fingerprint density at radius 1 is 1.27 bits per heavy atom. The van der Waals surface area contributed by atoms with Crippen molar-refractivity contribution in [1.82, 2.24) is 5.32 Å². The second kappa shape index (κ2) is 6.93. The maximum Gasteiger partial charge on any atom is 0.319 e. The molecule has 0 bridgehead atoms. The van der Waals surface area contributed by atoms with Crippen LogP contribution in [0.1, 0.15) is 42.6 Å². The lowest BCUT2D eigenvalue weighted by atomic mass is 9.99. The Morgan fingerprint density at radius 3 is 2.45 bits per heavy atom. The van der Waals surface area contributed by atoms with Crippen molar-refractivity contribution in [3.05, 3.63) is 29.3 Å². The Bertz CT molecular complexity index is 596. The van der Waals surface area contributed by atoms with Crippen molar-refractivity contribution in [3.63, 3.8) is 0 Å². The Labute approximate surface area is 128 Å². The van der Waals surface area contributed by atoms with E-state index in [0.29, 0.717) is 17.7 Å². The van der Waals surface area contributed by atoms with Crippen LogP contribution in [0.25, 0.3) is 0 Å². The van der Waals surface area contributed by atoms with Gasteiger partial charge in [-0.05, 0) is 44.9 Å². The Morgan fingerprint density at radius 2 is 1.91 bits per heavy atom. The van der Waals surface area contributed by atoms with Gasteiger partial charge in [0.2, 0.25) is 5.91 Å². The molecule has 120 valence electrons. The zero-order chi connectivity index (χ0) is 16.9. The zero-order valence-corrected chi connectivity index (χ0v) is 12.9. The number of carbonyl (C=O) groups is 3. The van der Waals surface area contributed by atoms with Crippen molar-refractivity contribution in [1.29, 1.82) is 0 Å². The maximum atomic E-state index is 12.0. The molecule has 0 spiro atoms. The molecule has 1 aromatic carbocycles. The fraction of sp³-hybridized carbons (Fsp3) is 0.400. The van der Waals surface area contributed by atoms with E-state index in [0.717, 1.165) is 5.56 Å². The molecule has 7 nitrogen and oxygen atoms in total. The number of amides is 3. The number of carboxylic acids is 1. The molecular weight excluding hydrogens is 286 g/mol. The Kier molecular flexibility index (Phi) is 5.50. The number of benzene rings is 1. The SMILES string of the molecule is Cc1ccc(NC(=O)NC(C)(C)CCC(=O)O)cc1C(N)=O. The molecule has 7 heteroatoms. The second-order valence-corrected chi connectivity index (χ2v) is 5.75. The number of rotatable bonds is 6. The van der Waals surface area contributed by atoms with Gasteiger partial charge in [0, 0.05) is 23.2 Å². The number of carboxylic acid groups (broad SMARTS) is 1. The number of nitrogens with one attached hydrogen (secondary N) is 2. The standard InChI is InChI=1S/C15H21N3O4/c1-9-4-5-10(8-11(9)13(16)21)17-14(22)18-15(2,3)7-6-12(19)20/h4-5,8H,6-7H2,1-3H3,(H2,16,21)(H,19,20)(H2,17,18,22). The molecule has 0 saturated carbocycles. The van der Waals surface area contributed by atoms with Gasteiger partial charge in [0.1, 0.15) is 0 Å². The molecule has 1 rings (SSSR count). The summed E-state index contributed by atoms with van der Waals surface area (Å²) in [5, 5.41) is 14.0. The number of nitrogens with two attached hydrogens (primary N) is 1. The minimum atomic E-state index is -0.917. The molecule has 22 heavy (non-hydrogen) atoms. The van der Waals surface area contributed by atoms with Crippen LogP contribution >= 0.6 is 0 Å². The highest BCUT2D eigenvalue weighted by molar-refractivity contribution is 5.97. The first-order valence-corrected chi connectivity index (χ1v) is 6.82. The van der Waals surface area contributed by atoms with Crippen molar-refractivity contribution in [2.45, 2.75) is 39.2 Å². The molecule has 0 aliphatic rings. The molecule has 0 heterocycles. The van der Waals surface area contributed by atoms with Gasteiger partial charge in [-0.15, -0.1) is 0 Å². The van der Waals surface area contributed by atoms with Crippen LogP contribution in [0.4, 0.5) is 10.5 Å². The number of carbonyl (C=O) groups excluding carboxylic acids is 2. The summed E-state index contributed by atoms with van der Waals surface area (Å²) in [4.78, 5) is 33.8. The smallest absolute Gasteiger partial charge is 0.319 e. The van der Waals surface area contributed by atoms with Gasteiger partial charge in [0.25, 0.3) is 0 Å². The number of hydrogen-bond acceptors (Lipinski definition) is 3. The Hall–Kier alpha value is -2.57. The van der Waals surface area contributed by atoms with Crippen molar-refractivity contribution in [2.24, 2.45) is 5.73 Å². The van der Waals surface area contributed by atoms with E-state index in [9.17, 15) is 14.4 Å². The van der Waals surface area contributed by atoms with E-state index in [1.165, 1.54) is 6.07 Å². The monoisotopic (exact) mass is 307 g/mol. The van der Waals surface area contributed by atoms with Gasteiger partial charge in [-0.3, -0.25) is 9.59 Å². The molecule has 3 amide bonds. The van der Waals surface area contributed by atoms with E-state index in [1.807, 2.05) is 0 Å². The number of hydrogen-bond donors (Lipinski definition) is 4. The van der Waals surface area contributed by atoms with E-state index in [2.05, 4.69) is 10.6 Å². The summed E-state index contributed by atoms with van der Waals surface area (Å²) < 4.78 is 0. The summed E-state index contributed by atoms with van der Waals surface area (Å²) >= 11 is 0. The lowest BCUT2D eigenvalue weighted by molar-refractivity contribution is -0.137. The molecule has 0 aliphatic carbocycles. The predicted octanol–water partition coefficient (Wildman–Crippen LogP) is 1.86. The van der Waals surface area contributed by atoms with Crippen LogP contribution < -0.4 is 16.4 Å². The predicted molar refractivity (Wildman–Crippen MR) is 82.8 cm³/mol. The maximum absolute atomic E-state index is 12.0. The van der Waals surface area contributed by atoms with Gasteiger partial charge in [-0.1, -0.05) is 6.07 Å². The van der Waals surface area contributed by atoms with Crippen LogP contribution in [0.2, 0.25) is 0 Å². The van der Waals surface area contributed by atoms with E-state index >= 15 is 0 Å². The first-order chi connectivity index (χ1) is 10.1. The van der Waals surface area contributed by atoms with Crippen LogP contribution in [0.3, 0.4) is 0 Å². The molecule has 0 aliphatic heterocycles. The highest BCUT2D eigenvalue weighted by atomic mass is 16.4. The summed E-state index contributed by atoms with van der Waals surface area (Å²) in [5.41, 5.74) is 6.09. The third-order valence-electron chi connectivity index (χ3n) is 3.18. The van der Waals surface area contributed by atoms with Crippen molar-refractivity contribution < 1.29 is 19.5 Å². The summed E-state index contributed by atoms with van der Waals surface area (Å²) in [6.45, 7) is 5.22. The lowest BCUT2D eigenvalue weighted by Crippen LogP contribution is -2.45. The summed E-state index contributed by atoms with van der Waals surface area (Å²) in [7, 11) is 0. The fourth-order valence-corrected chi connectivity index (χ4v) is 1.92. The summed E-state index contributed by atoms with van der Waals surface area (Å²) in [6.07, 6.45) is 0.264. The van der Waals surface area contributed by atoms with Crippen LogP contribution in [-0.4, -0.2) is 28.6 Å². The van der Waals surface area contributed by atoms with Crippen molar-refractivity contribution in [3.8, 4) is 0 Å². The first-order valence-electron chi connectivity index (χ1n) is 6.82. The summed E-state index contributed by atoms with van der Waals surface area (Å²) in [5.74, 6) is -1.48. The topological polar surface area (TPSA) is 122 Å². The molecule has 5 N–H and O–H groups in total. The van der Waals surface area contributed by atoms with E-state index in [-0.39, 0.29) is 6.42 Å². The second-order valence-electron chi connectivity index (χ2n) is 5.75. The number of aryl methyl sites for hydroxylation is 1. The quantitative estimate of drug-likeness (QED) is 0.640. The van der Waals surface area contributed by atoms with Gasteiger partial charge in [-0.2, -0.15) is 0 Å². The van der Waals surface area contributed by atoms with E-state index in [1.54, 1.807) is 32.9 Å².